The zero-order valence-corrected chi connectivity index (χ0v) is 18.0. The molecule has 0 atom stereocenters. The van der Waals surface area contributed by atoms with Crippen LogP contribution < -0.4 is 10.2 Å². The van der Waals surface area contributed by atoms with Gasteiger partial charge in [-0.25, -0.2) is 9.97 Å². The minimum Gasteiger partial charge on any atom is -0.378 e. The van der Waals surface area contributed by atoms with Crippen LogP contribution in [0, 0.1) is 0 Å². The molecule has 0 saturated carbocycles. The van der Waals surface area contributed by atoms with E-state index in [0.717, 1.165) is 48.6 Å². The molecule has 1 amide bonds. The highest BCUT2D eigenvalue weighted by atomic mass is 35.5. The highest BCUT2D eigenvalue weighted by Crippen LogP contribution is 2.27. The normalized spacial score (nSPS) is 13.8. The van der Waals surface area contributed by atoms with Crippen molar-refractivity contribution in [1.82, 2.24) is 9.97 Å². The molecule has 1 aliphatic heterocycles. The predicted molar refractivity (Wildman–Crippen MR) is 127 cm³/mol. The standard InChI is InChI=1S/C25H21ClN4O2/c26-19-8-10-23(27-16-19)29-25(31)21-6-2-3-17-7-9-22(28-24(17)21)18-4-1-5-20(15-18)30-11-13-32-14-12-30/h1-10,15-16H,11-14H2,(H,27,29,31). The number of rotatable bonds is 4. The summed E-state index contributed by atoms with van der Waals surface area (Å²) in [5, 5.41) is 4.23. The number of para-hydroxylation sites is 1. The van der Waals surface area contributed by atoms with Crippen molar-refractivity contribution < 1.29 is 9.53 Å². The lowest BCUT2D eigenvalue weighted by Gasteiger charge is -2.29. The molecule has 0 unspecified atom stereocenters. The predicted octanol–water partition coefficient (Wildman–Crippen LogP) is 5.04. The van der Waals surface area contributed by atoms with Crippen molar-refractivity contribution in [3.05, 3.63) is 83.5 Å². The molecule has 1 N–H and O–H groups in total. The molecule has 0 aliphatic carbocycles. The van der Waals surface area contributed by atoms with E-state index in [0.29, 0.717) is 21.9 Å². The largest absolute Gasteiger partial charge is 0.378 e. The average Bonchev–Trinajstić information content (AvgIpc) is 2.85. The Bertz CT molecular complexity index is 1270. The van der Waals surface area contributed by atoms with Crippen molar-refractivity contribution >= 4 is 39.9 Å². The fraction of sp³-hybridized carbons (Fsp3) is 0.160. The van der Waals surface area contributed by atoms with Gasteiger partial charge in [-0.1, -0.05) is 41.9 Å². The molecular formula is C25H21ClN4O2. The maximum absolute atomic E-state index is 13.0. The molecule has 1 fully saturated rings. The van der Waals surface area contributed by atoms with E-state index in [9.17, 15) is 4.79 Å². The monoisotopic (exact) mass is 444 g/mol. The third kappa shape index (κ3) is 4.28. The summed E-state index contributed by atoms with van der Waals surface area (Å²) in [6.07, 6.45) is 1.50. The third-order valence-electron chi connectivity index (χ3n) is 5.45. The van der Waals surface area contributed by atoms with Crippen LogP contribution in [-0.4, -0.2) is 42.2 Å². The molecule has 1 aliphatic rings. The van der Waals surface area contributed by atoms with Crippen LogP contribution in [0.15, 0.2) is 72.9 Å². The van der Waals surface area contributed by atoms with Crippen LogP contribution in [0.25, 0.3) is 22.2 Å². The fourth-order valence-corrected chi connectivity index (χ4v) is 3.92. The second-order valence-electron chi connectivity index (χ2n) is 7.54. The number of ether oxygens (including phenoxy) is 1. The molecule has 2 aromatic carbocycles. The van der Waals surface area contributed by atoms with Gasteiger partial charge < -0.3 is 15.0 Å². The molecule has 2 aromatic heterocycles. The van der Waals surface area contributed by atoms with E-state index in [4.69, 9.17) is 21.3 Å². The van der Waals surface area contributed by atoms with Gasteiger partial charge in [0.25, 0.3) is 5.91 Å². The fourth-order valence-electron chi connectivity index (χ4n) is 3.81. The zero-order chi connectivity index (χ0) is 21.9. The molecule has 5 rings (SSSR count). The summed E-state index contributed by atoms with van der Waals surface area (Å²) in [6, 6.07) is 21.2. The first-order valence-corrected chi connectivity index (χ1v) is 10.8. The molecular weight excluding hydrogens is 424 g/mol. The molecule has 0 bridgehead atoms. The Morgan fingerprint density at radius 2 is 1.84 bits per heavy atom. The number of nitrogens with zero attached hydrogens (tertiary/aromatic N) is 3. The SMILES string of the molecule is O=C(Nc1ccc(Cl)cn1)c1cccc2ccc(-c3cccc(N4CCOCC4)c3)nc12. The van der Waals surface area contributed by atoms with Gasteiger partial charge in [-0.05, 0) is 36.4 Å². The number of hydrogen-bond acceptors (Lipinski definition) is 5. The van der Waals surface area contributed by atoms with Gasteiger partial charge in [0.15, 0.2) is 0 Å². The van der Waals surface area contributed by atoms with Crippen LogP contribution in [0.4, 0.5) is 11.5 Å². The van der Waals surface area contributed by atoms with Gasteiger partial charge in [0.1, 0.15) is 5.82 Å². The number of halogens is 1. The summed E-state index contributed by atoms with van der Waals surface area (Å²) in [7, 11) is 0. The van der Waals surface area contributed by atoms with E-state index < -0.39 is 0 Å². The Morgan fingerprint density at radius 1 is 1.00 bits per heavy atom. The van der Waals surface area contributed by atoms with E-state index in [1.54, 1.807) is 18.2 Å². The minimum absolute atomic E-state index is 0.267. The maximum atomic E-state index is 13.0. The Labute approximate surface area is 190 Å². The highest BCUT2D eigenvalue weighted by molar-refractivity contribution is 6.30. The average molecular weight is 445 g/mol. The maximum Gasteiger partial charge on any atom is 0.259 e. The summed E-state index contributed by atoms with van der Waals surface area (Å²) < 4.78 is 5.47. The summed E-state index contributed by atoms with van der Waals surface area (Å²) in [4.78, 5) is 24.3. The topological polar surface area (TPSA) is 67.4 Å². The molecule has 7 heteroatoms. The van der Waals surface area contributed by atoms with Gasteiger partial charge in [-0.3, -0.25) is 4.79 Å². The molecule has 0 spiro atoms. The molecule has 32 heavy (non-hydrogen) atoms. The number of nitrogens with one attached hydrogen (secondary N) is 1. The second kappa shape index (κ2) is 8.94. The number of anilines is 2. The first-order valence-electron chi connectivity index (χ1n) is 10.4. The number of aromatic nitrogens is 2. The van der Waals surface area contributed by atoms with Crippen molar-refractivity contribution in [3.63, 3.8) is 0 Å². The van der Waals surface area contributed by atoms with Crippen LogP contribution in [-0.2, 0) is 4.74 Å². The number of fused-ring (bicyclic) bond motifs is 1. The number of carbonyl (C=O) groups is 1. The summed E-state index contributed by atoms with van der Waals surface area (Å²) in [5.74, 6) is 0.169. The Morgan fingerprint density at radius 3 is 2.66 bits per heavy atom. The van der Waals surface area contributed by atoms with Gasteiger partial charge in [0.2, 0.25) is 0 Å². The quantitative estimate of drug-likeness (QED) is 0.477. The number of amides is 1. The summed E-state index contributed by atoms with van der Waals surface area (Å²) in [6.45, 7) is 3.22. The number of hydrogen-bond donors (Lipinski definition) is 1. The van der Waals surface area contributed by atoms with Crippen molar-refractivity contribution in [2.75, 3.05) is 36.5 Å². The van der Waals surface area contributed by atoms with Crippen molar-refractivity contribution in [2.24, 2.45) is 0 Å². The first kappa shape index (κ1) is 20.4. The Balaban J connectivity index is 1.48. The molecule has 160 valence electrons. The van der Waals surface area contributed by atoms with E-state index >= 15 is 0 Å². The number of benzene rings is 2. The van der Waals surface area contributed by atoms with Crippen LogP contribution in [0.5, 0.6) is 0 Å². The van der Waals surface area contributed by atoms with Gasteiger partial charge in [-0.2, -0.15) is 0 Å². The van der Waals surface area contributed by atoms with E-state index in [-0.39, 0.29) is 5.91 Å². The highest BCUT2D eigenvalue weighted by Gasteiger charge is 2.15. The van der Waals surface area contributed by atoms with Gasteiger partial charge in [0, 0.05) is 35.9 Å². The Kier molecular flexibility index (Phi) is 5.71. The van der Waals surface area contributed by atoms with Gasteiger partial charge >= 0.3 is 0 Å². The zero-order valence-electron chi connectivity index (χ0n) is 17.3. The van der Waals surface area contributed by atoms with Crippen LogP contribution in [0.1, 0.15) is 10.4 Å². The third-order valence-corrected chi connectivity index (χ3v) is 5.68. The van der Waals surface area contributed by atoms with Crippen LogP contribution in [0.2, 0.25) is 5.02 Å². The molecule has 3 heterocycles. The molecule has 6 nitrogen and oxygen atoms in total. The molecule has 1 saturated heterocycles. The number of morpholine rings is 1. The lowest BCUT2D eigenvalue weighted by atomic mass is 10.1. The Hall–Kier alpha value is -3.48. The van der Waals surface area contributed by atoms with Crippen molar-refractivity contribution in [2.45, 2.75) is 0 Å². The number of pyridine rings is 2. The van der Waals surface area contributed by atoms with Gasteiger partial charge in [0.05, 0.1) is 35.0 Å². The van der Waals surface area contributed by atoms with Gasteiger partial charge in [-0.15, -0.1) is 0 Å². The van der Waals surface area contributed by atoms with Crippen molar-refractivity contribution in [3.8, 4) is 11.3 Å². The number of carbonyl (C=O) groups excluding carboxylic acids is 1. The van der Waals surface area contributed by atoms with Crippen molar-refractivity contribution in [1.29, 1.82) is 0 Å². The van der Waals surface area contributed by atoms with Crippen LogP contribution >= 0.6 is 11.6 Å². The van der Waals surface area contributed by atoms with E-state index in [1.165, 1.54) is 6.20 Å². The first-order chi connectivity index (χ1) is 15.7. The van der Waals surface area contributed by atoms with E-state index in [2.05, 4.69) is 27.3 Å². The summed E-state index contributed by atoms with van der Waals surface area (Å²) >= 11 is 5.89. The van der Waals surface area contributed by atoms with Crippen LogP contribution in [0.3, 0.4) is 0 Å². The summed E-state index contributed by atoms with van der Waals surface area (Å²) in [5.41, 5.74) is 4.11. The lowest BCUT2D eigenvalue weighted by Crippen LogP contribution is -2.36. The molecule has 4 aromatic rings. The second-order valence-corrected chi connectivity index (χ2v) is 7.98. The molecule has 0 radical (unpaired) electrons. The smallest absolute Gasteiger partial charge is 0.259 e. The minimum atomic E-state index is -0.267. The van der Waals surface area contributed by atoms with E-state index in [1.807, 2.05) is 36.4 Å². The lowest BCUT2D eigenvalue weighted by molar-refractivity contribution is 0.102.